The van der Waals surface area contributed by atoms with E-state index in [1.807, 2.05) is 62.4 Å². The van der Waals surface area contributed by atoms with Gasteiger partial charge in [-0.25, -0.2) is 8.42 Å². The maximum Gasteiger partial charge on any atom is 0.243 e. The molecule has 0 bridgehead atoms. The van der Waals surface area contributed by atoms with Crippen LogP contribution in [-0.2, 0) is 14.8 Å². The van der Waals surface area contributed by atoms with Crippen molar-refractivity contribution in [2.45, 2.75) is 37.6 Å². The molecule has 3 aromatic rings. The largest absolute Gasteiger partial charge is 0.324 e. The monoisotopic (exact) mass is 408 g/mol. The molecule has 1 N–H and O–H groups in total. The summed E-state index contributed by atoms with van der Waals surface area (Å²) in [4.78, 5) is 13.2. The van der Waals surface area contributed by atoms with Gasteiger partial charge in [0, 0.05) is 12.2 Å². The summed E-state index contributed by atoms with van der Waals surface area (Å²) in [5.41, 5.74) is 2.67. The van der Waals surface area contributed by atoms with Crippen LogP contribution in [-0.4, -0.2) is 31.2 Å². The highest BCUT2D eigenvalue weighted by atomic mass is 32.2. The Morgan fingerprint density at radius 3 is 2.38 bits per heavy atom. The first-order chi connectivity index (χ1) is 13.9. The number of rotatable bonds is 4. The number of nitrogens with one attached hydrogen (secondary N) is 1. The van der Waals surface area contributed by atoms with Crippen LogP contribution in [0, 0.1) is 13.8 Å². The summed E-state index contributed by atoms with van der Waals surface area (Å²) in [6.07, 6.45) is 1.18. The molecule has 1 aliphatic rings. The third-order valence-electron chi connectivity index (χ3n) is 5.56. The second-order valence-electron chi connectivity index (χ2n) is 7.54. The van der Waals surface area contributed by atoms with E-state index in [0.29, 0.717) is 19.4 Å². The minimum atomic E-state index is -3.76. The van der Waals surface area contributed by atoms with Gasteiger partial charge in [-0.1, -0.05) is 48.5 Å². The highest BCUT2D eigenvalue weighted by Crippen LogP contribution is 2.29. The number of aryl methyl sites for hydroxylation is 2. The van der Waals surface area contributed by atoms with Crippen LogP contribution >= 0.6 is 0 Å². The van der Waals surface area contributed by atoms with Crippen LogP contribution in [0.3, 0.4) is 0 Å². The number of nitrogens with zero attached hydrogens (tertiary/aromatic N) is 1. The predicted molar refractivity (Wildman–Crippen MR) is 115 cm³/mol. The lowest BCUT2D eigenvalue weighted by atomic mass is 10.1. The Bertz CT molecular complexity index is 1170. The second kappa shape index (κ2) is 7.61. The van der Waals surface area contributed by atoms with Crippen molar-refractivity contribution in [3.63, 3.8) is 0 Å². The van der Waals surface area contributed by atoms with Crippen LogP contribution in [0.15, 0.2) is 65.6 Å². The number of sulfonamides is 1. The van der Waals surface area contributed by atoms with Crippen molar-refractivity contribution in [3.05, 3.63) is 71.8 Å². The van der Waals surface area contributed by atoms with E-state index < -0.39 is 16.1 Å². The van der Waals surface area contributed by atoms with Crippen LogP contribution < -0.4 is 5.32 Å². The normalized spacial score (nSPS) is 17.5. The van der Waals surface area contributed by atoms with Crippen molar-refractivity contribution >= 4 is 32.4 Å². The maximum absolute atomic E-state index is 13.3. The molecule has 5 nitrogen and oxygen atoms in total. The minimum Gasteiger partial charge on any atom is -0.324 e. The van der Waals surface area contributed by atoms with Crippen molar-refractivity contribution in [2.75, 3.05) is 11.9 Å². The molecule has 4 rings (SSSR count). The van der Waals surface area contributed by atoms with Crippen LogP contribution in [0.5, 0.6) is 0 Å². The van der Waals surface area contributed by atoms with Crippen LogP contribution in [0.4, 0.5) is 5.69 Å². The van der Waals surface area contributed by atoms with E-state index in [4.69, 9.17) is 0 Å². The highest BCUT2D eigenvalue weighted by Gasteiger charge is 2.39. The maximum atomic E-state index is 13.3. The molecule has 29 heavy (non-hydrogen) atoms. The summed E-state index contributed by atoms with van der Waals surface area (Å²) in [6, 6.07) is 17.9. The molecule has 1 atom stereocenters. The number of amides is 1. The van der Waals surface area contributed by atoms with Gasteiger partial charge in [0.25, 0.3) is 0 Å². The van der Waals surface area contributed by atoms with E-state index in [9.17, 15) is 13.2 Å². The number of hydrogen-bond donors (Lipinski definition) is 1. The van der Waals surface area contributed by atoms with Gasteiger partial charge in [0.05, 0.1) is 4.90 Å². The Kier molecular flexibility index (Phi) is 5.15. The summed E-state index contributed by atoms with van der Waals surface area (Å²) in [5, 5.41) is 4.81. The Morgan fingerprint density at radius 1 is 0.966 bits per heavy atom. The fourth-order valence-corrected chi connectivity index (χ4v) is 5.66. The lowest BCUT2D eigenvalue weighted by Crippen LogP contribution is -2.43. The van der Waals surface area contributed by atoms with Gasteiger partial charge >= 0.3 is 0 Å². The first-order valence-electron chi connectivity index (χ1n) is 9.75. The third kappa shape index (κ3) is 3.66. The SMILES string of the molecule is Cc1cccc(C)c1NC(=O)[C@@H]1CCCN1S(=O)(=O)c1ccc2ccccc2c1. The van der Waals surface area contributed by atoms with Gasteiger partial charge in [0.2, 0.25) is 15.9 Å². The number of benzene rings is 3. The second-order valence-corrected chi connectivity index (χ2v) is 9.43. The van der Waals surface area contributed by atoms with Gasteiger partial charge in [0.15, 0.2) is 0 Å². The fraction of sp³-hybridized carbons (Fsp3) is 0.261. The zero-order chi connectivity index (χ0) is 20.6. The Hall–Kier alpha value is -2.70. The van der Waals surface area contributed by atoms with Crippen molar-refractivity contribution in [3.8, 4) is 0 Å². The van der Waals surface area contributed by atoms with E-state index in [1.54, 1.807) is 12.1 Å². The zero-order valence-electron chi connectivity index (χ0n) is 16.6. The molecule has 1 fully saturated rings. The molecule has 6 heteroatoms. The summed E-state index contributed by atoms with van der Waals surface area (Å²) < 4.78 is 28.0. The smallest absolute Gasteiger partial charge is 0.243 e. The van der Waals surface area contributed by atoms with E-state index in [1.165, 1.54) is 4.31 Å². The predicted octanol–water partition coefficient (Wildman–Crippen LogP) is 4.25. The highest BCUT2D eigenvalue weighted by molar-refractivity contribution is 7.89. The van der Waals surface area contributed by atoms with Gasteiger partial charge in [-0.05, 0) is 60.7 Å². The summed E-state index contributed by atoms with van der Waals surface area (Å²) in [7, 11) is -3.76. The quantitative estimate of drug-likeness (QED) is 0.702. The molecular weight excluding hydrogens is 384 g/mol. The number of fused-ring (bicyclic) bond motifs is 1. The summed E-state index contributed by atoms with van der Waals surface area (Å²) in [5.74, 6) is -0.274. The molecule has 1 aliphatic heterocycles. The van der Waals surface area contributed by atoms with Crippen molar-refractivity contribution in [2.24, 2.45) is 0 Å². The molecule has 0 unspecified atom stereocenters. The zero-order valence-corrected chi connectivity index (χ0v) is 17.4. The molecule has 0 aromatic heterocycles. The van der Waals surface area contributed by atoms with Crippen molar-refractivity contribution in [1.82, 2.24) is 4.31 Å². The van der Waals surface area contributed by atoms with Gasteiger partial charge in [-0.3, -0.25) is 4.79 Å². The van der Waals surface area contributed by atoms with Gasteiger partial charge in [-0.2, -0.15) is 4.31 Å². The van der Waals surface area contributed by atoms with E-state index in [2.05, 4.69) is 5.32 Å². The lowest BCUT2D eigenvalue weighted by molar-refractivity contribution is -0.119. The topological polar surface area (TPSA) is 66.5 Å². The summed E-state index contributed by atoms with van der Waals surface area (Å²) >= 11 is 0. The number of carbonyl (C=O) groups excluding carboxylic acids is 1. The van der Waals surface area contributed by atoms with Crippen LogP contribution in [0.1, 0.15) is 24.0 Å². The third-order valence-corrected chi connectivity index (χ3v) is 7.47. The molecule has 0 radical (unpaired) electrons. The van der Waals surface area contributed by atoms with E-state index in [0.717, 1.165) is 27.6 Å². The molecule has 1 heterocycles. The standard InChI is InChI=1S/C23H24N2O3S/c1-16-7-5-8-17(2)22(16)24-23(26)21-11-6-14-25(21)29(27,28)20-13-12-18-9-3-4-10-19(18)15-20/h3-5,7-10,12-13,15,21H,6,11,14H2,1-2H3,(H,24,26)/t21-/m0/s1. The van der Waals surface area contributed by atoms with Crippen molar-refractivity contribution in [1.29, 1.82) is 0 Å². The number of para-hydroxylation sites is 1. The molecule has 150 valence electrons. The number of anilines is 1. The molecular formula is C23H24N2O3S. The first-order valence-corrected chi connectivity index (χ1v) is 11.2. The van der Waals surface area contributed by atoms with Gasteiger partial charge < -0.3 is 5.32 Å². The molecule has 3 aromatic carbocycles. The molecule has 0 spiro atoms. The van der Waals surface area contributed by atoms with Crippen LogP contribution in [0.25, 0.3) is 10.8 Å². The molecule has 0 aliphatic carbocycles. The Balaban J connectivity index is 1.63. The van der Waals surface area contributed by atoms with Gasteiger partial charge in [0.1, 0.15) is 6.04 Å². The Morgan fingerprint density at radius 2 is 1.66 bits per heavy atom. The van der Waals surface area contributed by atoms with Gasteiger partial charge in [-0.15, -0.1) is 0 Å². The molecule has 0 saturated carbocycles. The fourth-order valence-electron chi connectivity index (χ4n) is 3.97. The Labute approximate surface area is 171 Å². The van der Waals surface area contributed by atoms with E-state index in [-0.39, 0.29) is 10.8 Å². The number of hydrogen-bond acceptors (Lipinski definition) is 3. The lowest BCUT2D eigenvalue weighted by Gasteiger charge is -2.24. The molecule has 1 amide bonds. The van der Waals surface area contributed by atoms with Crippen molar-refractivity contribution < 1.29 is 13.2 Å². The molecule has 1 saturated heterocycles. The summed E-state index contributed by atoms with van der Waals surface area (Å²) in [6.45, 7) is 4.21. The van der Waals surface area contributed by atoms with Crippen LogP contribution in [0.2, 0.25) is 0 Å². The first kappa shape index (κ1) is 19.6. The average Bonchev–Trinajstić information content (AvgIpc) is 3.21. The average molecular weight is 409 g/mol. The minimum absolute atomic E-state index is 0.225. The van der Waals surface area contributed by atoms with E-state index >= 15 is 0 Å². The number of carbonyl (C=O) groups is 1.